The highest BCUT2D eigenvalue weighted by Crippen LogP contribution is 2.28. The van der Waals surface area contributed by atoms with Gasteiger partial charge in [0.1, 0.15) is 5.82 Å². The van der Waals surface area contributed by atoms with Crippen LogP contribution in [0.15, 0.2) is 72.8 Å². The summed E-state index contributed by atoms with van der Waals surface area (Å²) >= 11 is 0. The van der Waals surface area contributed by atoms with Crippen molar-refractivity contribution >= 4 is 11.7 Å². The summed E-state index contributed by atoms with van der Waals surface area (Å²) in [5, 5.41) is 3.05. The van der Waals surface area contributed by atoms with E-state index in [-0.39, 0.29) is 42.1 Å². The predicted octanol–water partition coefficient (Wildman–Crippen LogP) is 6.15. The first-order valence-corrected chi connectivity index (χ1v) is 11.1. The maximum atomic E-state index is 14.6. The Hall–Kier alpha value is -3.27. The van der Waals surface area contributed by atoms with Crippen LogP contribution in [-0.2, 0) is 11.2 Å². The van der Waals surface area contributed by atoms with E-state index in [0.29, 0.717) is 5.56 Å². The van der Waals surface area contributed by atoms with Crippen molar-refractivity contribution in [2.45, 2.75) is 46.1 Å². The molecule has 3 aromatic rings. The molecule has 1 N–H and O–H groups in total. The summed E-state index contributed by atoms with van der Waals surface area (Å²) in [7, 11) is 0. The summed E-state index contributed by atoms with van der Waals surface area (Å²) in [5.74, 6) is -0.837. The van der Waals surface area contributed by atoms with Crippen LogP contribution in [0.1, 0.15) is 48.2 Å². The lowest BCUT2D eigenvalue weighted by atomic mass is 9.92. The lowest BCUT2D eigenvalue weighted by Crippen LogP contribution is -2.40. The Morgan fingerprint density at radius 3 is 2.12 bits per heavy atom. The van der Waals surface area contributed by atoms with Crippen LogP contribution >= 0.6 is 0 Å². The minimum atomic E-state index is -0.545. The van der Waals surface area contributed by atoms with E-state index >= 15 is 0 Å². The minimum absolute atomic E-state index is 0.0279. The maximum Gasteiger partial charge on any atom is 0.220 e. The largest absolute Gasteiger partial charge is 0.353 e. The van der Waals surface area contributed by atoms with Gasteiger partial charge >= 0.3 is 0 Å². The van der Waals surface area contributed by atoms with Crippen LogP contribution in [0.25, 0.3) is 11.1 Å². The maximum absolute atomic E-state index is 14.6. The molecule has 3 aromatic carbocycles. The van der Waals surface area contributed by atoms with E-state index in [1.54, 1.807) is 13.0 Å². The zero-order chi connectivity index (χ0) is 23.1. The zero-order valence-corrected chi connectivity index (χ0v) is 18.9. The van der Waals surface area contributed by atoms with Gasteiger partial charge in [-0.25, -0.2) is 4.39 Å². The quantitative estimate of drug-likeness (QED) is 0.413. The molecule has 0 saturated carbocycles. The van der Waals surface area contributed by atoms with Gasteiger partial charge in [0, 0.05) is 18.9 Å². The fourth-order valence-electron chi connectivity index (χ4n) is 3.90. The number of nitrogens with one attached hydrogen (secondary N) is 1. The monoisotopic (exact) mass is 431 g/mol. The van der Waals surface area contributed by atoms with Gasteiger partial charge in [0.25, 0.3) is 0 Å². The third-order valence-electron chi connectivity index (χ3n) is 5.81. The predicted molar refractivity (Wildman–Crippen MR) is 127 cm³/mol. The van der Waals surface area contributed by atoms with Crippen molar-refractivity contribution in [3.63, 3.8) is 0 Å². The first-order chi connectivity index (χ1) is 15.4. The highest BCUT2D eigenvalue weighted by Gasteiger charge is 2.21. The van der Waals surface area contributed by atoms with Crippen LogP contribution < -0.4 is 5.32 Å². The molecule has 0 bridgehead atoms. The Bertz CT molecular complexity index is 1060. The minimum Gasteiger partial charge on any atom is -0.353 e. The smallest absolute Gasteiger partial charge is 0.220 e. The number of carbonyl (C=O) groups excluding carboxylic acids is 2. The number of rotatable bonds is 9. The molecule has 3 rings (SSSR count). The molecule has 0 radical (unpaired) electrons. The zero-order valence-electron chi connectivity index (χ0n) is 18.9. The van der Waals surface area contributed by atoms with Gasteiger partial charge in [-0.1, -0.05) is 80.6 Å². The van der Waals surface area contributed by atoms with E-state index in [2.05, 4.69) is 19.2 Å². The number of benzene rings is 3. The Morgan fingerprint density at radius 1 is 0.875 bits per heavy atom. The van der Waals surface area contributed by atoms with E-state index in [4.69, 9.17) is 0 Å². The second-order valence-corrected chi connectivity index (χ2v) is 8.49. The lowest BCUT2D eigenvalue weighted by molar-refractivity contribution is -0.122. The van der Waals surface area contributed by atoms with Crippen molar-refractivity contribution < 1.29 is 14.0 Å². The molecule has 3 nitrogen and oxygen atoms in total. The number of ketones is 1. The molecule has 32 heavy (non-hydrogen) atoms. The second-order valence-electron chi connectivity index (χ2n) is 8.49. The molecule has 0 heterocycles. The topological polar surface area (TPSA) is 46.2 Å². The molecular formula is C28H30FNO2. The van der Waals surface area contributed by atoms with Crippen LogP contribution in [0.3, 0.4) is 0 Å². The number of carbonyl (C=O) groups is 2. The normalized spacial score (nSPS) is 11.9. The highest BCUT2D eigenvalue weighted by molar-refractivity contribution is 6.00. The first kappa shape index (κ1) is 23.4. The van der Waals surface area contributed by atoms with E-state index in [1.807, 2.05) is 60.7 Å². The Balaban J connectivity index is 1.66. The fourth-order valence-corrected chi connectivity index (χ4v) is 3.90. The van der Waals surface area contributed by atoms with Gasteiger partial charge in [0.05, 0.1) is 5.56 Å². The van der Waals surface area contributed by atoms with Crippen LogP contribution in [0.5, 0.6) is 0 Å². The van der Waals surface area contributed by atoms with Crippen molar-refractivity contribution in [1.82, 2.24) is 5.32 Å². The highest BCUT2D eigenvalue weighted by atomic mass is 19.1. The third kappa shape index (κ3) is 5.91. The summed E-state index contributed by atoms with van der Waals surface area (Å²) in [4.78, 5) is 25.5. The molecular weight excluding hydrogens is 401 g/mol. The molecule has 0 aliphatic rings. The third-order valence-corrected chi connectivity index (χ3v) is 5.81. The summed E-state index contributed by atoms with van der Waals surface area (Å²) in [6.45, 7) is 5.88. The van der Waals surface area contributed by atoms with Crippen molar-refractivity contribution in [2.75, 3.05) is 0 Å². The molecule has 0 aromatic heterocycles. The summed E-state index contributed by atoms with van der Waals surface area (Å²) in [6, 6.07) is 22.6. The van der Waals surface area contributed by atoms with E-state index in [0.717, 1.165) is 23.1 Å². The average molecular weight is 432 g/mol. The molecule has 0 spiro atoms. The Kier molecular flexibility index (Phi) is 7.93. The first-order valence-electron chi connectivity index (χ1n) is 11.1. The van der Waals surface area contributed by atoms with Crippen LogP contribution in [0.2, 0.25) is 0 Å². The summed E-state index contributed by atoms with van der Waals surface area (Å²) < 4.78 is 14.6. The molecule has 0 saturated heterocycles. The molecule has 1 atom stereocenters. The molecule has 1 unspecified atom stereocenters. The standard InChI is InChI=1S/C28H30FNO2/c1-19(2)25(18-21-10-6-4-7-11-21)30-27(32)17-16-26(31)28-20(3)23(14-15-24(28)29)22-12-8-5-9-13-22/h4-15,19,25H,16-18H2,1-3H3,(H,30,32). The van der Waals surface area contributed by atoms with Gasteiger partial charge in [-0.05, 0) is 47.6 Å². The van der Waals surface area contributed by atoms with Crippen LogP contribution in [0, 0.1) is 18.7 Å². The SMILES string of the molecule is Cc1c(-c2ccccc2)ccc(F)c1C(=O)CCC(=O)NC(Cc1ccccc1)C(C)C. The molecule has 0 aliphatic heterocycles. The molecule has 4 heteroatoms. The van der Waals surface area contributed by atoms with E-state index in [1.165, 1.54) is 6.07 Å². The van der Waals surface area contributed by atoms with Crippen molar-refractivity contribution in [1.29, 1.82) is 0 Å². The van der Waals surface area contributed by atoms with Crippen molar-refractivity contribution in [3.05, 3.63) is 95.3 Å². The Labute approximate surface area is 189 Å². The number of Topliss-reactive ketones (excluding diaryl/α,β-unsaturated/α-hetero) is 1. The van der Waals surface area contributed by atoms with Gasteiger partial charge in [0.2, 0.25) is 5.91 Å². The summed E-state index contributed by atoms with van der Waals surface area (Å²) in [6.07, 6.45) is 0.730. The number of halogens is 1. The van der Waals surface area contributed by atoms with Crippen molar-refractivity contribution in [2.24, 2.45) is 5.92 Å². The number of amides is 1. The van der Waals surface area contributed by atoms with Gasteiger partial charge < -0.3 is 5.32 Å². The fraction of sp³-hybridized carbons (Fsp3) is 0.286. The lowest BCUT2D eigenvalue weighted by Gasteiger charge is -2.22. The van der Waals surface area contributed by atoms with E-state index < -0.39 is 5.82 Å². The van der Waals surface area contributed by atoms with Gasteiger partial charge in [-0.3, -0.25) is 9.59 Å². The molecule has 166 valence electrons. The average Bonchev–Trinajstić information content (AvgIpc) is 2.78. The second kappa shape index (κ2) is 10.9. The Morgan fingerprint density at radius 2 is 1.50 bits per heavy atom. The number of hydrogen-bond acceptors (Lipinski definition) is 2. The van der Waals surface area contributed by atoms with Gasteiger partial charge in [0.15, 0.2) is 5.78 Å². The molecule has 1 amide bonds. The van der Waals surface area contributed by atoms with E-state index in [9.17, 15) is 14.0 Å². The van der Waals surface area contributed by atoms with Crippen molar-refractivity contribution in [3.8, 4) is 11.1 Å². The summed E-state index contributed by atoms with van der Waals surface area (Å²) in [5.41, 5.74) is 3.58. The van der Waals surface area contributed by atoms with Gasteiger partial charge in [-0.15, -0.1) is 0 Å². The van der Waals surface area contributed by atoms with Crippen LogP contribution in [0.4, 0.5) is 4.39 Å². The number of hydrogen-bond donors (Lipinski definition) is 1. The molecule has 0 aliphatic carbocycles. The van der Waals surface area contributed by atoms with Crippen LogP contribution in [-0.4, -0.2) is 17.7 Å². The van der Waals surface area contributed by atoms with Gasteiger partial charge in [-0.2, -0.15) is 0 Å². The molecule has 0 fully saturated rings.